The van der Waals surface area contributed by atoms with Crippen LogP contribution in [0, 0.1) is 5.95 Å². The van der Waals surface area contributed by atoms with E-state index >= 15 is 0 Å². The molecule has 0 spiro atoms. The molecule has 3 aromatic rings. The van der Waals surface area contributed by atoms with Crippen LogP contribution in [0.4, 0.5) is 15.8 Å². The molecular formula is C22H25FN6OS. The quantitative estimate of drug-likeness (QED) is 0.547. The van der Waals surface area contributed by atoms with E-state index in [9.17, 15) is 9.18 Å². The van der Waals surface area contributed by atoms with Gasteiger partial charge in [-0.25, -0.2) is 9.97 Å². The summed E-state index contributed by atoms with van der Waals surface area (Å²) >= 11 is 1.14. The predicted molar refractivity (Wildman–Crippen MR) is 122 cm³/mol. The molecule has 5 rings (SSSR count). The van der Waals surface area contributed by atoms with Crippen molar-refractivity contribution >= 4 is 39.0 Å². The number of hydrogen-bond donors (Lipinski definition) is 3. The van der Waals surface area contributed by atoms with Crippen molar-refractivity contribution < 1.29 is 9.18 Å². The molecule has 1 amide bonds. The van der Waals surface area contributed by atoms with Crippen LogP contribution in [0.2, 0.25) is 0 Å². The molecule has 2 saturated heterocycles. The molecule has 31 heavy (non-hydrogen) atoms. The van der Waals surface area contributed by atoms with Crippen LogP contribution in [0.1, 0.15) is 28.1 Å². The van der Waals surface area contributed by atoms with Crippen molar-refractivity contribution in [1.29, 1.82) is 0 Å². The van der Waals surface area contributed by atoms with Gasteiger partial charge < -0.3 is 20.9 Å². The first-order valence-electron chi connectivity index (χ1n) is 10.6. The minimum Gasteiger partial charge on any atom is -0.385 e. The zero-order valence-corrected chi connectivity index (χ0v) is 18.1. The number of carbonyl (C=O) groups is 1. The summed E-state index contributed by atoms with van der Waals surface area (Å²) in [6.45, 7) is 2.66. The van der Waals surface area contributed by atoms with E-state index in [4.69, 9.17) is 0 Å². The van der Waals surface area contributed by atoms with Crippen molar-refractivity contribution in [2.45, 2.75) is 31.3 Å². The van der Waals surface area contributed by atoms with Crippen LogP contribution in [0.25, 0.3) is 10.3 Å². The third-order valence-corrected chi connectivity index (χ3v) is 7.12. The Morgan fingerprint density at radius 2 is 2.00 bits per heavy atom. The van der Waals surface area contributed by atoms with Gasteiger partial charge in [-0.1, -0.05) is 12.1 Å². The fourth-order valence-corrected chi connectivity index (χ4v) is 5.57. The Hall–Kier alpha value is -2.78. The summed E-state index contributed by atoms with van der Waals surface area (Å²) < 4.78 is 13.4. The highest BCUT2D eigenvalue weighted by Crippen LogP contribution is 2.33. The number of hydrogen-bond acceptors (Lipinski definition) is 7. The van der Waals surface area contributed by atoms with Crippen molar-refractivity contribution in [3.8, 4) is 0 Å². The molecule has 4 heterocycles. The number of piperazine rings is 1. The molecule has 9 heteroatoms. The molecule has 2 aliphatic heterocycles. The minimum atomic E-state index is -0.653. The van der Waals surface area contributed by atoms with Crippen LogP contribution in [0.3, 0.4) is 0 Å². The van der Waals surface area contributed by atoms with Gasteiger partial charge >= 0.3 is 0 Å². The van der Waals surface area contributed by atoms with E-state index in [1.165, 1.54) is 24.1 Å². The van der Waals surface area contributed by atoms with Crippen LogP contribution >= 0.6 is 11.3 Å². The Morgan fingerprint density at radius 1 is 1.26 bits per heavy atom. The van der Waals surface area contributed by atoms with Gasteiger partial charge in [-0.05, 0) is 37.0 Å². The SMILES string of the molecule is CNc1c(C(=O)NCCc2ccc(N3CC4CCC(C3)N4)cc2)sc2nc(F)cnc12. The molecule has 2 unspecified atom stereocenters. The molecule has 0 radical (unpaired) electrons. The monoisotopic (exact) mass is 440 g/mol. The number of amides is 1. The van der Waals surface area contributed by atoms with Gasteiger partial charge in [-0.15, -0.1) is 11.3 Å². The maximum Gasteiger partial charge on any atom is 0.263 e. The number of halogens is 1. The lowest BCUT2D eigenvalue weighted by atomic mass is 10.1. The number of anilines is 2. The third kappa shape index (κ3) is 4.07. The number of aromatic nitrogens is 2. The van der Waals surface area contributed by atoms with Crippen molar-refractivity contribution in [2.24, 2.45) is 0 Å². The zero-order chi connectivity index (χ0) is 21.4. The van der Waals surface area contributed by atoms with E-state index < -0.39 is 5.95 Å². The number of nitrogens with one attached hydrogen (secondary N) is 3. The van der Waals surface area contributed by atoms with E-state index in [0.29, 0.717) is 39.5 Å². The van der Waals surface area contributed by atoms with Crippen molar-refractivity contribution in [3.63, 3.8) is 0 Å². The number of carbonyl (C=O) groups excluding carboxylic acids is 1. The number of rotatable bonds is 6. The van der Waals surface area contributed by atoms with Crippen molar-refractivity contribution in [2.75, 3.05) is 36.9 Å². The van der Waals surface area contributed by atoms with Gasteiger partial charge in [0.05, 0.1) is 11.9 Å². The minimum absolute atomic E-state index is 0.206. The standard InChI is InChI=1S/C22H25FN6OS/c1-24-18-19-22(28-17(23)10-26-19)31-20(18)21(30)25-9-8-13-2-6-16(7-3-13)29-11-14-4-5-15(12-29)27-14/h2-3,6-7,10,14-15,24,27H,4-5,8-9,11-12H2,1H3,(H,25,30). The van der Waals surface area contributed by atoms with Gasteiger partial charge in [-0.3, -0.25) is 4.79 Å². The second kappa shape index (κ2) is 8.39. The third-order valence-electron chi connectivity index (χ3n) is 6.05. The second-order valence-corrected chi connectivity index (χ2v) is 9.12. The van der Waals surface area contributed by atoms with E-state index in [-0.39, 0.29) is 5.91 Å². The highest BCUT2D eigenvalue weighted by molar-refractivity contribution is 7.21. The molecule has 0 aliphatic carbocycles. The Morgan fingerprint density at radius 3 is 2.71 bits per heavy atom. The largest absolute Gasteiger partial charge is 0.385 e. The molecule has 2 aromatic heterocycles. The summed E-state index contributed by atoms with van der Waals surface area (Å²) in [4.78, 5) is 23.9. The predicted octanol–water partition coefficient (Wildman–Crippen LogP) is 2.79. The average molecular weight is 441 g/mol. The maximum atomic E-state index is 13.4. The normalized spacial score (nSPS) is 20.3. The molecule has 2 atom stereocenters. The van der Waals surface area contributed by atoms with Crippen LogP contribution in [-0.2, 0) is 6.42 Å². The van der Waals surface area contributed by atoms with Crippen molar-refractivity contribution in [3.05, 3.63) is 46.9 Å². The first kappa shape index (κ1) is 20.1. The zero-order valence-electron chi connectivity index (χ0n) is 17.3. The summed E-state index contributed by atoms with van der Waals surface area (Å²) in [6, 6.07) is 9.87. The molecular weight excluding hydrogens is 415 g/mol. The van der Waals surface area contributed by atoms with Crippen molar-refractivity contribution in [1.82, 2.24) is 20.6 Å². The van der Waals surface area contributed by atoms with Gasteiger partial charge in [0.15, 0.2) is 0 Å². The lowest BCUT2D eigenvalue weighted by Crippen LogP contribution is -2.51. The highest BCUT2D eigenvalue weighted by Gasteiger charge is 2.32. The second-order valence-electron chi connectivity index (χ2n) is 8.12. The van der Waals surface area contributed by atoms with E-state index in [1.807, 2.05) is 0 Å². The Labute approximate surface area is 184 Å². The molecule has 0 saturated carbocycles. The maximum absolute atomic E-state index is 13.4. The first-order chi connectivity index (χ1) is 15.1. The number of thiophene rings is 1. The topological polar surface area (TPSA) is 82.2 Å². The van der Waals surface area contributed by atoms with Gasteiger partial charge in [0.25, 0.3) is 5.91 Å². The Bertz CT molecular complexity index is 1090. The summed E-state index contributed by atoms with van der Waals surface area (Å²) in [5.41, 5.74) is 3.54. The molecule has 1 aromatic carbocycles. The summed E-state index contributed by atoms with van der Waals surface area (Å²) in [5.74, 6) is -0.859. The lowest BCUT2D eigenvalue weighted by molar-refractivity contribution is 0.0959. The molecule has 2 bridgehead atoms. The fourth-order valence-electron chi connectivity index (χ4n) is 4.52. The number of nitrogens with zero attached hydrogens (tertiary/aromatic N) is 3. The Kier molecular flexibility index (Phi) is 5.45. The van der Waals surface area contributed by atoms with E-state index in [0.717, 1.165) is 37.0 Å². The molecule has 7 nitrogen and oxygen atoms in total. The highest BCUT2D eigenvalue weighted by atomic mass is 32.1. The van der Waals surface area contributed by atoms with Crippen LogP contribution < -0.4 is 20.9 Å². The Balaban J connectivity index is 1.19. The molecule has 162 valence electrons. The summed E-state index contributed by atoms with van der Waals surface area (Å²) in [7, 11) is 1.72. The van der Waals surface area contributed by atoms with Crippen LogP contribution in [-0.4, -0.2) is 54.6 Å². The smallest absolute Gasteiger partial charge is 0.263 e. The van der Waals surface area contributed by atoms with Crippen LogP contribution in [0.15, 0.2) is 30.5 Å². The number of fused-ring (bicyclic) bond motifs is 3. The van der Waals surface area contributed by atoms with Gasteiger partial charge in [0, 0.05) is 44.5 Å². The number of benzene rings is 1. The van der Waals surface area contributed by atoms with Gasteiger partial charge in [-0.2, -0.15) is 4.39 Å². The first-order valence-corrected chi connectivity index (χ1v) is 11.4. The average Bonchev–Trinajstić information content (AvgIpc) is 3.32. The molecule has 2 aliphatic rings. The summed E-state index contributed by atoms with van der Waals surface area (Å²) in [5, 5.41) is 9.61. The van der Waals surface area contributed by atoms with E-state index in [2.05, 4.69) is 55.1 Å². The molecule has 3 N–H and O–H groups in total. The lowest BCUT2D eigenvalue weighted by Gasteiger charge is -2.34. The van der Waals surface area contributed by atoms with E-state index in [1.54, 1.807) is 7.05 Å². The fraction of sp³-hybridized carbons (Fsp3) is 0.409. The molecule has 2 fully saturated rings. The van der Waals surface area contributed by atoms with Crippen LogP contribution in [0.5, 0.6) is 0 Å². The van der Waals surface area contributed by atoms with Gasteiger partial charge in [0.1, 0.15) is 15.2 Å². The van der Waals surface area contributed by atoms with Gasteiger partial charge in [0.2, 0.25) is 5.95 Å². The summed E-state index contributed by atoms with van der Waals surface area (Å²) in [6.07, 6.45) is 4.35.